The zero-order valence-electron chi connectivity index (χ0n) is 12.5. The third kappa shape index (κ3) is 6.18. The van der Waals surface area contributed by atoms with E-state index >= 15 is 0 Å². The molecule has 0 aliphatic rings. The van der Waals surface area contributed by atoms with Crippen LogP contribution in [0.1, 0.15) is 46.1 Å². The molecule has 0 saturated heterocycles. The first kappa shape index (κ1) is 15.2. The molecule has 0 saturated carbocycles. The van der Waals surface area contributed by atoms with E-state index < -0.39 is 0 Å². The largest absolute Gasteiger partial charge is 0.312 e. The Kier molecular flexibility index (Phi) is 5.83. The van der Waals surface area contributed by atoms with Gasteiger partial charge in [0, 0.05) is 24.7 Å². The van der Waals surface area contributed by atoms with Gasteiger partial charge >= 0.3 is 0 Å². The standard InChI is InChI=1S/C16H28N2/c1-13(15-9-7-6-8-10-15)11-17-14(2)12-18-16(3,4)5/h6-10,13-14,17-18H,11-12H2,1-5H3. The molecule has 0 spiro atoms. The molecule has 0 heterocycles. The first-order chi connectivity index (χ1) is 8.38. The lowest BCUT2D eigenvalue weighted by molar-refractivity contribution is 0.385. The van der Waals surface area contributed by atoms with Gasteiger partial charge < -0.3 is 10.6 Å². The Bertz CT molecular complexity index is 327. The molecule has 0 fully saturated rings. The van der Waals surface area contributed by atoms with Crippen LogP contribution in [0.2, 0.25) is 0 Å². The molecule has 0 bridgehead atoms. The predicted molar refractivity (Wildman–Crippen MR) is 80.1 cm³/mol. The predicted octanol–water partition coefficient (Wildman–Crippen LogP) is 3.16. The van der Waals surface area contributed by atoms with Crippen LogP contribution in [-0.4, -0.2) is 24.7 Å². The summed E-state index contributed by atoms with van der Waals surface area (Å²) in [6.45, 7) is 13.1. The lowest BCUT2D eigenvalue weighted by Crippen LogP contribution is -2.45. The molecule has 0 aliphatic carbocycles. The van der Waals surface area contributed by atoms with Crippen LogP contribution in [0.15, 0.2) is 30.3 Å². The molecule has 0 radical (unpaired) electrons. The van der Waals surface area contributed by atoms with E-state index in [1.807, 2.05) is 0 Å². The lowest BCUT2D eigenvalue weighted by atomic mass is 10.0. The summed E-state index contributed by atoms with van der Waals surface area (Å²) in [4.78, 5) is 0. The second-order valence-corrected chi connectivity index (χ2v) is 6.25. The van der Waals surface area contributed by atoms with Gasteiger partial charge in [-0.05, 0) is 39.2 Å². The summed E-state index contributed by atoms with van der Waals surface area (Å²) in [5.74, 6) is 0.559. The fourth-order valence-electron chi connectivity index (χ4n) is 1.81. The molecule has 0 aromatic heterocycles. The number of hydrogen-bond acceptors (Lipinski definition) is 2. The van der Waals surface area contributed by atoms with Gasteiger partial charge in [0.25, 0.3) is 0 Å². The number of rotatable bonds is 6. The van der Waals surface area contributed by atoms with Crippen LogP contribution in [0, 0.1) is 0 Å². The summed E-state index contributed by atoms with van der Waals surface area (Å²) in [5.41, 5.74) is 1.60. The summed E-state index contributed by atoms with van der Waals surface area (Å²) in [6.07, 6.45) is 0. The minimum atomic E-state index is 0.195. The van der Waals surface area contributed by atoms with Crippen LogP contribution in [0.4, 0.5) is 0 Å². The van der Waals surface area contributed by atoms with Crippen molar-refractivity contribution in [2.45, 2.75) is 52.1 Å². The van der Waals surface area contributed by atoms with E-state index in [-0.39, 0.29) is 5.54 Å². The Hall–Kier alpha value is -0.860. The second kappa shape index (κ2) is 6.91. The summed E-state index contributed by atoms with van der Waals surface area (Å²) in [5, 5.41) is 7.11. The summed E-state index contributed by atoms with van der Waals surface area (Å²) >= 11 is 0. The fraction of sp³-hybridized carbons (Fsp3) is 0.625. The zero-order valence-corrected chi connectivity index (χ0v) is 12.5. The molecule has 1 rings (SSSR count). The van der Waals surface area contributed by atoms with Crippen molar-refractivity contribution < 1.29 is 0 Å². The van der Waals surface area contributed by atoms with Crippen molar-refractivity contribution in [1.29, 1.82) is 0 Å². The molecular formula is C16H28N2. The SMILES string of the molecule is CC(CNC(C)(C)C)NCC(C)c1ccccc1. The average Bonchev–Trinajstić information content (AvgIpc) is 2.33. The highest BCUT2D eigenvalue weighted by Crippen LogP contribution is 2.13. The van der Waals surface area contributed by atoms with Crippen molar-refractivity contribution in [2.24, 2.45) is 0 Å². The summed E-state index contributed by atoms with van der Waals surface area (Å²) in [7, 11) is 0. The molecule has 1 aromatic carbocycles. The molecule has 2 heteroatoms. The molecular weight excluding hydrogens is 220 g/mol. The molecule has 0 amide bonds. The number of hydrogen-bond donors (Lipinski definition) is 2. The van der Waals surface area contributed by atoms with Crippen LogP contribution >= 0.6 is 0 Å². The molecule has 2 N–H and O–H groups in total. The zero-order chi connectivity index (χ0) is 13.6. The van der Waals surface area contributed by atoms with E-state index in [2.05, 4.69) is 75.6 Å². The van der Waals surface area contributed by atoms with Gasteiger partial charge in [0.15, 0.2) is 0 Å². The number of nitrogens with one attached hydrogen (secondary N) is 2. The third-order valence-electron chi connectivity index (χ3n) is 3.08. The van der Waals surface area contributed by atoms with Gasteiger partial charge in [0.05, 0.1) is 0 Å². The Morgan fingerprint density at radius 1 is 1.00 bits per heavy atom. The van der Waals surface area contributed by atoms with Gasteiger partial charge in [-0.15, -0.1) is 0 Å². The molecule has 102 valence electrons. The normalized spacial score (nSPS) is 15.4. The average molecular weight is 248 g/mol. The van der Waals surface area contributed by atoms with E-state index in [1.165, 1.54) is 5.56 Å². The molecule has 2 nitrogen and oxygen atoms in total. The van der Waals surface area contributed by atoms with E-state index in [0.717, 1.165) is 13.1 Å². The van der Waals surface area contributed by atoms with Gasteiger partial charge in [-0.25, -0.2) is 0 Å². The summed E-state index contributed by atoms with van der Waals surface area (Å²) < 4.78 is 0. The Morgan fingerprint density at radius 3 is 2.17 bits per heavy atom. The van der Waals surface area contributed by atoms with Crippen molar-refractivity contribution >= 4 is 0 Å². The highest BCUT2D eigenvalue weighted by atomic mass is 15.0. The molecule has 2 atom stereocenters. The maximum absolute atomic E-state index is 3.59. The topological polar surface area (TPSA) is 24.1 Å². The van der Waals surface area contributed by atoms with Crippen molar-refractivity contribution in [3.8, 4) is 0 Å². The van der Waals surface area contributed by atoms with E-state index in [0.29, 0.717) is 12.0 Å². The maximum Gasteiger partial charge on any atom is 0.0164 e. The Balaban J connectivity index is 2.28. The van der Waals surface area contributed by atoms with E-state index in [4.69, 9.17) is 0 Å². The monoisotopic (exact) mass is 248 g/mol. The van der Waals surface area contributed by atoms with Crippen LogP contribution in [0.5, 0.6) is 0 Å². The van der Waals surface area contributed by atoms with E-state index in [1.54, 1.807) is 0 Å². The Morgan fingerprint density at radius 2 is 1.61 bits per heavy atom. The van der Waals surface area contributed by atoms with Crippen LogP contribution in [0.25, 0.3) is 0 Å². The first-order valence-corrected chi connectivity index (χ1v) is 6.92. The van der Waals surface area contributed by atoms with Crippen molar-refractivity contribution in [3.05, 3.63) is 35.9 Å². The minimum Gasteiger partial charge on any atom is -0.312 e. The molecule has 0 aliphatic heterocycles. The highest BCUT2D eigenvalue weighted by Gasteiger charge is 2.11. The van der Waals surface area contributed by atoms with Gasteiger partial charge in [0.2, 0.25) is 0 Å². The molecule has 2 unspecified atom stereocenters. The third-order valence-corrected chi connectivity index (χ3v) is 3.08. The Labute approximate surface area is 112 Å². The van der Waals surface area contributed by atoms with Crippen molar-refractivity contribution in [2.75, 3.05) is 13.1 Å². The summed E-state index contributed by atoms with van der Waals surface area (Å²) in [6, 6.07) is 11.2. The van der Waals surface area contributed by atoms with Gasteiger partial charge in [-0.1, -0.05) is 37.3 Å². The minimum absolute atomic E-state index is 0.195. The maximum atomic E-state index is 3.59. The van der Waals surface area contributed by atoms with Crippen LogP contribution in [0.3, 0.4) is 0 Å². The van der Waals surface area contributed by atoms with Crippen molar-refractivity contribution in [1.82, 2.24) is 10.6 Å². The van der Waals surface area contributed by atoms with Crippen molar-refractivity contribution in [3.63, 3.8) is 0 Å². The smallest absolute Gasteiger partial charge is 0.0164 e. The number of benzene rings is 1. The molecule has 18 heavy (non-hydrogen) atoms. The highest BCUT2D eigenvalue weighted by molar-refractivity contribution is 5.18. The molecule has 1 aromatic rings. The second-order valence-electron chi connectivity index (χ2n) is 6.25. The van der Waals surface area contributed by atoms with Crippen LogP contribution in [-0.2, 0) is 0 Å². The fourth-order valence-corrected chi connectivity index (χ4v) is 1.81. The van der Waals surface area contributed by atoms with Crippen LogP contribution < -0.4 is 10.6 Å². The van der Waals surface area contributed by atoms with Gasteiger partial charge in [0.1, 0.15) is 0 Å². The van der Waals surface area contributed by atoms with Gasteiger partial charge in [-0.2, -0.15) is 0 Å². The van der Waals surface area contributed by atoms with Gasteiger partial charge in [-0.3, -0.25) is 0 Å². The van der Waals surface area contributed by atoms with E-state index in [9.17, 15) is 0 Å². The first-order valence-electron chi connectivity index (χ1n) is 6.92. The lowest BCUT2D eigenvalue weighted by Gasteiger charge is -2.25. The quantitative estimate of drug-likeness (QED) is 0.808.